The van der Waals surface area contributed by atoms with Crippen LogP contribution in [-0.2, 0) is 19.4 Å². The number of hydrogen-bond donors (Lipinski definition) is 1. The number of sulfone groups is 1. The Kier molecular flexibility index (Phi) is 3.76. The van der Waals surface area contributed by atoms with Gasteiger partial charge in [-0.3, -0.25) is 9.59 Å². The smallest absolute Gasteiger partial charge is 0.308 e. The van der Waals surface area contributed by atoms with E-state index in [1.54, 1.807) is 6.92 Å². The van der Waals surface area contributed by atoms with Gasteiger partial charge in [0.15, 0.2) is 9.84 Å². The largest absolute Gasteiger partial charge is 0.481 e. The third-order valence-electron chi connectivity index (χ3n) is 3.66. The Morgan fingerprint density at radius 2 is 1.78 bits per heavy atom. The number of likely N-dealkylation sites (tertiary alicyclic amines) is 1. The van der Waals surface area contributed by atoms with Crippen molar-refractivity contribution in [2.24, 2.45) is 11.8 Å². The molecule has 0 aliphatic carbocycles. The molecule has 1 fully saturated rings. The molecule has 18 heavy (non-hydrogen) atoms. The van der Waals surface area contributed by atoms with Gasteiger partial charge in [-0.05, 0) is 19.8 Å². The first kappa shape index (κ1) is 14.9. The van der Waals surface area contributed by atoms with E-state index in [1.807, 2.05) is 0 Å². The summed E-state index contributed by atoms with van der Waals surface area (Å²) in [4.78, 5) is 24.5. The SMILES string of the molecule is CC1CN(C(=O)C(C)(C)S(C)(=O)=O)CC1C(=O)O. The fraction of sp³-hybridized carbons (Fsp3) is 0.818. The highest BCUT2D eigenvalue weighted by Gasteiger charge is 2.46. The highest BCUT2D eigenvalue weighted by molar-refractivity contribution is 7.92. The lowest BCUT2D eigenvalue weighted by molar-refractivity contribution is -0.142. The Bertz CT molecular complexity index is 468. The summed E-state index contributed by atoms with van der Waals surface area (Å²) < 4.78 is 21.7. The number of carboxylic acids is 1. The number of carbonyl (C=O) groups is 2. The predicted molar refractivity (Wildman–Crippen MR) is 65.8 cm³/mol. The van der Waals surface area contributed by atoms with Gasteiger partial charge in [0.1, 0.15) is 4.75 Å². The van der Waals surface area contributed by atoms with Gasteiger partial charge in [-0.1, -0.05) is 6.92 Å². The van der Waals surface area contributed by atoms with Crippen molar-refractivity contribution in [3.8, 4) is 0 Å². The lowest BCUT2D eigenvalue weighted by Crippen LogP contribution is -2.49. The maximum atomic E-state index is 12.2. The maximum Gasteiger partial charge on any atom is 0.308 e. The summed E-state index contributed by atoms with van der Waals surface area (Å²) in [5, 5.41) is 8.99. The first-order valence-electron chi connectivity index (χ1n) is 5.70. The number of rotatable bonds is 3. The molecule has 0 aromatic carbocycles. The van der Waals surface area contributed by atoms with Crippen molar-refractivity contribution in [3.63, 3.8) is 0 Å². The summed E-state index contributed by atoms with van der Waals surface area (Å²) >= 11 is 0. The minimum Gasteiger partial charge on any atom is -0.481 e. The molecule has 1 saturated heterocycles. The first-order chi connectivity index (χ1) is 7.98. The second-order valence-corrected chi connectivity index (χ2v) is 7.98. The molecule has 1 heterocycles. The Morgan fingerprint density at radius 3 is 2.11 bits per heavy atom. The van der Waals surface area contributed by atoms with Crippen molar-refractivity contribution in [3.05, 3.63) is 0 Å². The van der Waals surface area contributed by atoms with Crippen molar-refractivity contribution in [2.45, 2.75) is 25.5 Å². The summed E-state index contributed by atoms with van der Waals surface area (Å²) in [6.45, 7) is 4.81. The maximum absolute atomic E-state index is 12.2. The van der Waals surface area contributed by atoms with E-state index in [2.05, 4.69) is 0 Å². The van der Waals surface area contributed by atoms with E-state index in [-0.39, 0.29) is 19.0 Å². The molecule has 1 rings (SSSR count). The third kappa shape index (κ3) is 2.50. The Balaban J connectivity index is 2.93. The van der Waals surface area contributed by atoms with Gasteiger partial charge in [0, 0.05) is 19.3 Å². The van der Waals surface area contributed by atoms with Crippen LogP contribution in [0.2, 0.25) is 0 Å². The molecule has 0 spiro atoms. The van der Waals surface area contributed by atoms with Crippen LogP contribution in [-0.4, -0.2) is 54.4 Å². The van der Waals surface area contributed by atoms with E-state index >= 15 is 0 Å². The Labute approximate surface area is 107 Å². The molecule has 2 atom stereocenters. The van der Waals surface area contributed by atoms with E-state index in [1.165, 1.54) is 18.7 Å². The molecule has 0 bridgehead atoms. The van der Waals surface area contributed by atoms with Crippen LogP contribution >= 0.6 is 0 Å². The predicted octanol–water partition coefficient (Wildman–Crippen LogP) is -0.0113. The van der Waals surface area contributed by atoms with Gasteiger partial charge >= 0.3 is 5.97 Å². The fourth-order valence-corrected chi connectivity index (χ4v) is 2.44. The van der Waals surface area contributed by atoms with Crippen molar-refractivity contribution in [2.75, 3.05) is 19.3 Å². The summed E-state index contributed by atoms with van der Waals surface area (Å²) in [5.41, 5.74) is 0. The molecule has 7 heteroatoms. The number of carbonyl (C=O) groups excluding carboxylic acids is 1. The average molecular weight is 277 g/mol. The zero-order chi connectivity index (χ0) is 14.3. The van der Waals surface area contributed by atoms with Crippen LogP contribution in [0.25, 0.3) is 0 Å². The molecular weight excluding hydrogens is 258 g/mol. The molecule has 1 amide bonds. The van der Waals surface area contributed by atoms with Gasteiger partial charge in [-0.15, -0.1) is 0 Å². The van der Waals surface area contributed by atoms with Crippen molar-refractivity contribution < 1.29 is 23.1 Å². The first-order valence-corrected chi connectivity index (χ1v) is 7.59. The topological polar surface area (TPSA) is 91.8 Å². The lowest BCUT2D eigenvalue weighted by Gasteiger charge is -2.27. The minimum absolute atomic E-state index is 0.0777. The van der Waals surface area contributed by atoms with Gasteiger partial charge in [0.05, 0.1) is 5.92 Å². The molecule has 0 aromatic rings. The van der Waals surface area contributed by atoms with Gasteiger partial charge < -0.3 is 10.0 Å². The molecule has 6 nitrogen and oxygen atoms in total. The number of carboxylic acid groups (broad SMARTS) is 1. The van der Waals surface area contributed by atoms with E-state index in [0.717, 1.165) is 6.26 Å². The average Bonchev–Trinajstić information content (AvgIpc) is 2.57. The lowest BCUT2D eigenvalue weighted by atomic mass is 9.99. The van der Waals surface area contributed by atoms with Crippen LogP contribution in [0.1, 0.15) is 20.8 Å². The van der Waals surface area contributed by atoms with Crippen molar-refractivity contribution in [1.29, 1.82) is 0 Å². The standard InChI is InChI=1S/C11H19NO5S/c1-7-5-12(6-8(7)9(13)14)10(15)11(2,3)18(4,16)17/h7-8H,5-6H2,1-4H3,(H,13,14). The van der Waals surface area contributed by atoms with Gasteiger partial charge in [-0.2, -0.15) is 0 Å². The number of amides is 1. The summed E-state index contributed by atoms with van der Waals surface area (Å²) in [7, 11) is -3.53. The van der Waals surface area contributed by atoms with Crippen LogP contribution in [0.4, 0.5) is 0 Å². The molecule has 1 aliphatic rings. The van der Waals surface area contributed by atoms with Gasteiger partial charge in [0.25, 0.3) is 0 Å². The van der Waals surface area contributed by atoms with Crippen molar-refractivity contribution in [1.82, 2.24) is 4.90 Å². The van der Waals surface area contributed by atoms with Crippen LogP contribution in [0.3, 0.4) is 0 Å². The van der Waals surface area contributed by atoms with Crippen molar-refractivity contribution >= 4 is 21.7 Å². The zero-order valence-electron chi connectivity index (χ0n) is 11.0. The number of aliphatic carboxylic acids is 1. The van der Waals surface area contributed by atoms with Gasteiger partial charge in [-0.25, -0.2) is 8.42 Å². The van der Waals surface area contributed by atoms with Gasteiger partial charge in [0.2, 0.25) is 5.91 Å². The quantitative estimate of drug-likeness (QED) is 0.783. The Hall–Kier alpha value is -1.11. The fourth-order valence-electron chi connectivity index (χ4n) is 1.99. The molecular formula is C11H19NO5S. The molecule has 0 aromatic heterocycles. The Morgan fingerprint density at radius 1 is 1.28 bits per heavy atom. The second-order valence-electron chi connectivity index (χ2n) is 5.41. The summed E-state index contributed by atoms with van der Waals surface area (Å²) in [5.74, 6) is -2.26. The normalized spacial score (nSPS) is 25.2. The number of nitrogens with zero attached hydrogens (tertiary/aromatic N) is 1. The molecule has 0 radical (unpaired) electrons. The molecule has 1 aliphatic heterocycles. The van der Waals surface area contributed by atoms with Crippen LogP contribution < -0.4 is 0 Å². The second kappa shape index (κ2) is 4.53. The van der Waals surface area contributed by atoms with Crippen LogP contribution in [0.5, 0.6) is 0 Å². The van der Waals surface area contributed by atoms with Crippen LogP contribution in [0.15, 0.2) is 0 Å². The minimum atomic E-state index is -3.53. The highest BCUT2D eigenvalue weighted by atomic mass is 32.2. The zero-order valence-corrected chi connectivity index (χ0v) is 11.8. The van der Waals surface area contributed by atoms with E-state index < -0.39 is 32.4 Å². The van der Waals surface area contributed by atoms with E-state index in [9.17, 15) is 18.0 Å². The van der Waals surface area contributed by atoms with E-state index in [4.69, 9.17) is 5.11 Å². The molecule has 104 valence electrons. The monoisotopic (exact) mass is 277 g/mol. The summed E-state index contributed by atoms with van der Waals surface area (Å²) in [6.07, 6.45) is 1.01. The van der Waals surface area contributed by atoms with Crippen LogP contribution in [0, 0.1) is 11.8 Å². The highest BCUT2D eigenvalue weighted by Crippen LogP contribution is 2.27. The molecule has 2 unspecified atom stereocenters. The summed E-state index contributed by atoms with van der Waals surface area (Å²) in [6, 6.07) is 0. The van der Waals surface area contributed by atoms with E-state index in [0.29, 0.717) is 0 Å². The third-order valence-corrected chi connectivity index (χ3v) is 5.69. The number of hydrogen-bond acceptors (Lipinski definition) is 4. The molecule has 0 saturated carbocycles. The molecule has 1 N–H and O–H groups in total.